The van der Waals surface area contributed by atoms with Crippen LogP contribution in [0.15, 0.2) is 18.5 Å². The topological polar surface area (TPSA) is 37.4 Å². The first-order chi connectivity index (χ1) is 9.33. The maximum absolute atomic E-state index is 5.72. The lowest BCUT2D eigenvalue weighted by atomic mass is 10.2. The number of hydrogen-bond donors (Lipinski definition) is 1. The van der Waals surface area contributed by atoms with Crippen LogP contribution in [-0.2, 0) is 4.74 Å². The first-order valence-corrected chi connectivity index (χ1v) is 7.39. The summed E-state index contributed by atoms with van der Waals surface area (Å²) in [6.07, 6.45) is 7.70. The molecule has 1 aromatic rings. The highest BCUT2D eigenvalue weighted by molar-refractivity contribution is 5.55. The van der Waals surface area contributed by atoms with Crippen LogP contribution in [0, 0.1) is 0 Å². The molecule has 1 saturated heterocycles. The highest BCUT2D eigenvalue weighted by Crippen LogP contribution is 2.21. The highest BCUT2D eigenvalue weighted by Gasteiger charge is 2.19. The number of pyridine rings is 1. The Kier molecular flexibility index (Phi) is 5.45. The lowest BCUT2D eigenvalue weighted by molar-refractivity contribution is 0.115. The molecule has 4 heteroatoms. The summed E-state index contributed by atoms with van der Waals surface area (Å²) in [5, 5.41) is 3.39. The van der Waals surface area contributed by atoms with Gasteiger partial charge in [-0.05, 0) is 32.3 Å². The number of likely N-dealkylation sites (N-methyl/N-ethyl adjacent to an activating group) is 1. The molecule has 1 fully saturated rings. The molecular formula is C15H25N3O. The van der Waals surface area contributed by atoms with Gasteiger partial charge in [0.05, 0.1) is 29.9 Å². The van der Waals surface area contributed by atoms with Crippen molar-refractivity contribution in [2.45, 2.75) is 39.2 Å². The van der Waals surface area contributed by atoms with Gasteiger partial charge in [-0.1, -0.05) is 6.92 Å². The number of nitrogens with one attached hydrogen (secondary N) is 1. The van der Waals surface area contributed by atoms with Crippen LogP contribution < -0.4 is 10.2 Å². The summed E-state index contributed by atoms with van der Waals surface area (Å²) >= 11 is 0. The molecule has 0 aliphatic carbocycles. The molecule has 1 aliphatic heterocycles. The van der Waals surface area contributed by atoms with Crippen molar-refractivity contribution in [3.05, 3.63) is 18.5 Å². The lowest BCUT2D eigenvalue weighted by Gasteiger charge is -2.26. The zero-order valence-electron chi connectivity index (χ0n) is 12.1. The third-order valence-electron chi connectivity index (χ3n) is 3.50. The minimum atomic E-state index is 0.382. The zero-order valence-corrected chi connectivity index (χ0v) is 12.1. The number of aromatic nitrogens is 1. The predicted octanol–water partition coefficient (Wildman–Crippen LogP) is 2.91. The average molecular weight is 263 g/mol. The van der Waals surface area contributed by atoms with Gasteiger partial charge in [-0.15, -0.1) is 0 Å². The van der Waals surface area contributed by atoms with E-state index in [2.05, 4.69) is 35.1 Å². The molecular weight excluding hydrogens is 238 g/mol. The Morgan fingerprint density at radius 2 is 2.32 bits per heavy atom. The third kappa shape index (κ3) is 4.10. The second-order valence-electron chi connectivity index (χ2n) is 5.03. The van der Waals surface area contributed by atoms with E-state index in [1.165, 1.54) is 18.5 Å². The summed E-state index contributed by atoms with van der Waals surface area (Å²) in [5.41, 5.74) is 2.28. The van der Waals surface area contributed by atoms with E-state index in [-0.39, 0.29) is 0 Å². The molecule has 0 radical (unpaired) electrons. The Balaban J connectivity index is 2.00. The molecule has 1 N–H and O–H groups in total. The monoisotopic (exact) mass is 263 g/mol. The molecule has 2 rings (SSSR count). The van der Waals surface area contributed by atoms with Crippen LogP contribution >= 0.6 is 0 Å². The maximum Gasteiger partial charge on any atom is 0.0750 e. The van der Waals surface area contributed by atoms with Crippen LogP contribution in [0.2, 0.25) is 0 Å². The first-order valence-electron chi connectivity index (χ1n) is 7.39. The van der Waals surface area contributed by atoms with Crippen LogP contribution in [0.1, 0.15) is 33.1 Å². The number of anilines is 2. The van der Waals surface area contributed by atoms with Crippen LogP contribution in [0.4, 0.5) is 11.4 Å². The standard InChI is InChI=1S/C15H25N3O/c1-3-7-17-13-9-14(11-16-10-13)18(4-2)12-15-6-5-8-19-15/h9-11,15,17H,3-8,12H2,1-2H3. The summed E-state index contributed by atoms with van der Waals surface area (Å²) < 4.78 is 5.72. The van der Waals surface area contributed by atoms with Crippen LogP contribution in [0.3, 0.4) is 0 Å². The summed E-state index contributed by atoms with van der Waals surface area (Å²) in [6, 6.07) is 2.18. The van der Waals surface area contributed by atoms with Crippen molar-refractivity contribution in [2.24, 2.45) is 0 Å². The molecule has 0 saturated carbocycles. The zero-order chi connectivity index (χ0) is 13.5. The van der Waals surface area contributed by atoms with Gasteiger partial charge in [-0.3, -0.25) is 4.98 Å². The van der Waals surface area contributed by atoms with Gasteiger partial charge in [0, 0.05) is 26.2 Å². The number of rotatable bonds is 7. The SMILES string of the molecule is CCCNc1cncc(N(CC)CC2CCCO2)c1. The molecule has 0 aromatic carbocycles. The Labute approximate surface area is 116 Å². The molecule has 0 bridgehead atoms. The number of hydrogen-bond acceptors (Lipinski definition) is 4. The fraction of sp³-hybridized carbons (Fsp3) is 0.667. The van der Waals surface area contributed by atoms with E-state index in [4.69, 9.17) is 4.74 Å². The average Bonchev–Trinajstić information content (AvgIpc) is 2.96. The van der Waals surface area contributed by atoms with E-state index in [1.54, 1.807) is 0 Å². The smallest absolute Gasteiger partial charge is 0.0750 e. The van der Waals surface area contributed by atoms with Gasteiger partial charge in [0.25, 0.3) is 0 Å². The quantitative estimate of drug-likeness (QED) is 0.821. The van der Waals surface area contributed by atoms with Crippen molar-refractivity contribution < 1.29 is 4.74 Å². The van der Waals surface area contributed by atoms with Crippen molar-refractivity contribution in [2.75, 3.05) is 36.5 Å². The third-order valence-corrected chi connectivity index (χ3v) is 3.50. The van der Waals surface area contributed by atoms with E-state index in [0.29, 0.717) is 6.10 Å². The lowest BCUT2D eigenvalue weighted by Crippen LogP contribution is -2.32. The van der Waals surface area contributed by atoms with Crippen molar-refractivity contribution in [1.29, 1.82) is 0 Å². The van der Waals surface area contributed by atoms with E-state index < -0.39 is 0 Å². The van der Waals surface area contributed by atoms with Gasteiger partial charge in [0.15, 0.2) is 0 Å². The Morgan fingerprint density at radius 1 is 1.42 bits per heavy atom. The van der Waals surface area contributed by atoms with Crippen molar-refractivity contribution in [3.8, 4) is 0 Å². The van der Waals surface area contributed by atoms with E-state index in [9.17, 15) is 0 Å². The minimum absolute atomic E-state index is 0.382. The largest absolute Gasteiger partial charge is 0.384 e. The molecule has 1 atom stereocenters. The molecule has 1 aliphatic rings. The normalized spacial score (nSPS) is 18.5. The fourth-order valence-electron chi connectivity index (χ4n) is 2.42. The molecule has 106 valence electrons. The molecule has 4 nitrogen and oxygen atoms in total. The molecule has 2 heterocycles. The Morgan fingerprint density at radius 3 is 3.00 bits per heavy atom. The molecule has 0 amide bonds. The van der Waals surface area contributed by atoms with Gasteiger partial charge >= 0.3 is 0 Å². The summed E-state index contributed by atoms with van der Waals surface area (Å²) in [5.74, 6) is 0. The minimum Gasteiger partial charge on any atom is -0.384 e. The van der Waals surface area contributed by atoms with E-state index >= 15 is 0 Å². The molecule has 0 spiro atoms. The molecule has 1 unspecified atom stereocenters. The highest BCUT2D eigenvalue weighted by atomic mass is 16.5. The van der Waals surface area contributed by atoms with Crippen LogP contribution in [0.25, 0.3) is 0 Å². The van der Waals surface area contributed by atoms with Gasteiger partial charge in [0.1, 0.15) is 0 Å². The molecule has 1 aromatic heterocycles. The van der Waals surface area contributed by atoms with Gasteiger partial charge in [-0.25, -0.2) is 0 Å². The summed E-state index contributed by atoms with van der Waals surface area (Å²) in [7, 11) is 0. The first kappa shape index (κ1) is 14.1. The van der Waals surface area contributed by atoms with Crippen molar-refractivity contribution in [1.82, 2.24) is 4.98 Å². The second-order valence-corrected chi connectivity index (χ2v) is 5.03. The van der Waals surface area contributed by atoms with E-state index in [0.717, 1.165) is 38.3 Å². The second kappa shape index (κ2) is 7.34. The number of ether oxygens (including phenoxy) is 1. The summed E-state index contributed by atoms with van der Waals surface area (Å²) in [4.78, 5) is 6.68. The van der Waals surface area contributed by atoms with E-state index in [1.807, 2.05) is 12.4 Å². The van der Waals surface area contributed by atoms with Crippen LogP contribution in [-0.4, -0.2) is 37.3 Å². The van der Waals surface area contributed by atoms with Crippen molar-refractivity contribution in [3.63, 3.8) is 0 Å². The summed E-state index contributed by atoms with van der Waals surface area (Å²) in [6.45, 7) is 8.21. The van der Waals surface area contributed by atoms with Crippen LogP contribution in [0.5, 0.6) is 0 Å². The Hall–Kier alpha value is -1.29. The van der Waals surface area contributed by atoms with Gasteiger partial charge in [-0.2, -0.15) is 0 Å². The van der Waals surface area contributed by atoms with Gasteiger partial charge < -0.3 is 15.0 Å². The Bertz CT molecular complexity index is 377. The predicted molar refractivity (Wildman–Crippen MR) is 79.9 cm³/mol. The van der Waals surface area contributed by atoms with Crippen molar-refractivity contribution >= 4 is 11.4 Å². The van der Waals surface area contributed by atoms with Gasteiger partial charge in [0.2, 0.25) is 0 Å². The fourth-order valence-corrected chi connectivity index (χ4v) is 2.42. The maximum atomic E-state index is 5.72. The molecule has 19 heavy (non-hydrogen) atoms. The number of nitrogens with zero attached hydrogens (tertiary/aromatic N) is 2.